The summed E-state index contributed by atoms with van der Waals surface area (Å²) in [5, 5.41) is 11.8. The summed E-state index contributed by atoms with van der Waals surface area (Å²) in [5.41, 5.74) is 7.54. The Morgan fingerprint density at radius 2 is 2.00 bits per heavy atom. The SMILES string of the molecule is Cc1cc(Br)cc(Nc2cc(F)c(C(=O)O)cc2N)c1. The number of nitrogens with one attached hydrogen (secondary N) is 1. The van der Waals surface area contributed by atoms with Gasteiger partial charge in [-0.1, -0.05) is 15.9 Å². The van der Waals surface area contributed by atoms with Crippen molar-refractivity contribution in [3.05, 3.63) is 51.7 Å². The summed E-state index contributed by atoms with van der Waals surface area (Å²) in [4.78, 5) is 10.8. The third-order valence-corrected chi connectivity index (χ3v) is 3.15. The molecule has 2 rings (SSSR count). The zero-order chi connectivity index (χ0) is 14.9. The highest BCUT2D eigenvalue weighted by Gasteiger charge is 2.14. The van der Waals surface area contributed by atoms with E-state index < -0.39 is 17.3 Å². The van der Waals surface area contributed by atoms with Gasteiger partial charge in [0.15, 0.2) is 0 Å². The molecule has 0 atom stereocenters. The number of carboxylic acid groups (broad SMARTS) is 1. The van der Waals surface area contributed by atoms with Crippen LogP contribution >= 0.6 is 15.9 Å². The Labute approximate surface area is 123 Å². The zero-order valence-corrected chi connectivity index (χ0v) is 12.2. The van der Waals surface area contributed by atoms with Crippen LogP contribution in [-0.2, 0) is 0 Å². The second-order valence-electron chi connectivity index (χ2n) is 4.37. The van der Waals surface area contributed by atoms with Gasteiger partial charge in [-0.2, -0.15) is 0 Å². The maximum Gasteiger partial charge on any atom is 0.338 e. The van der Waals surface area contributed by atoms with Crippen molar-refractivity contribution in [1.29, 1.82) is 0 Å². The van der Waals surface area contributed by atoms with Crippen LogP contribution in [0.15, 0.2) is 34.8 Å². The first-order valence-electron chi connectivity index (χ1n) is 5.73. The van der Waals surface area contributed by atoms with Crippen molar-refractivity contribution in [2.75, 3.05) is 11.1 Å². The first-order chi connectivity index (χ1) is 9.36. The maximum atomic E-state index is 13.7. The summed E-state index contributed by atoms with van der Waals surface area (Å²) in [6.07, 6.45) is 0. The van der Waals surface area contributed by atoms with Crippen LogP contribution in [0.25, 0.3) is 0 Å². The van der Waals surface area contributed by atoms with Gasteiger partial charge in [0.05, 0.1) is 16.9 Å². The molecule has 0 saturated heterocycles. The molecule has 0 amide bonds. The minimum Gasteiger partial charge on any atom is -0.478 e. The van der Waals surface area contributed by atoms with E-state index in [2.05, 4.69) is 21.2 Å². The van der Waals surface area contributed by atoms with E-state index >= 15 is 0 Å². The molecule has 0 aliphatic rings. The Bertz CT molecular complexity index is 669. The van der Waals surface area contributed by atoms with Crippen LogP contribution in [0.3, 0.4) is 0 Å². The van der Waals surface area contributed by atoms with Gasteiger partial charge in [-0.25, -0.2) is 9.18 Å². The minimum atomic E-state index is -1.35. The second-order valence-corrected chi connectivity index (χ2v) is 5.28. The van der Waals surface area contributed by atoms with Gasteiger partial charge >= 0.3 is 5.97 Å². The predicted octanol–water partition coefficient (Wildman–Crippen LogP) is 3.92. The highest BCUT2D eigenvalue weighted by atomic mass is 79.9. The van der Waals surface area contributed by atoms with E-state index in [4.69, 9.17) is 10.8 Å². The Hall–Kier alpha value is -2.08. The van der Waals surface area contributed by atoms with Gasteiger partial charge in [-0.3, -0.25) is 0 Å². The molecule has 0 spiro atoms. The number of hydrogen-bond donors (Lipinski definition) is 3. The van der Waals surface area contributed by atoms with Gasteiger partial charge in [0.1, 0.15) is 5.82 Å². The van der Waals surface area contributed by atoms with Gasteiger partial charge in [0, 0.05) is 16.2 Å². The van der Waals surface area contributed by atoms with Crippen molar-refractivity contribution in [3.63, 3.8) is 0 Å². The molecule has 0 aliphatic carbocycles. The van der Waals surface area contributed by atoms with Crippen LogP contribution in [0.1, 0.15) is 15.9 Å². The van der Waals surface area contributed by atoms with E-state index in [0.29, 0.717) is 5.69 Å². The van der Waals surface area contributed by atoms with Gasteiger partial charge < -0.3 is 16.2 Å². The Morgan fingerprint density at radius 1 is 1.30 bits per heavy atom. The molecule has 4 N–H and O–H groups in total. The van der Waals surface area contributed by atoms with E-state index in [-0.39, 0.29) is 5.69 Å². The monoisotopic (exact) mass is 338 g/mol. The molecule has 2 aromatic rings. The number of anilines is 3. The molecule has 104 valence electrons. The smallest absolute Gasteiger partial charge is 0.338 e. The Kier molecular flexibility index (Phi) is 3.94. The molecular weight excluding hydrogens is 327 g/mol. The fourth-order valence-corrected chi connectivity index (χ4v) is 2.43. The normalized spacial score (nSPS) is 10.3. The number of carboxylic acids is 1. The third-order valence-electron chi connectivity index (χ3n) is 2.69. The standard InChI is InChI=1S/C14H12BrFN2O2/c1-7-2-8(15)4-9(3-7)18-13-6-11(16)10(14(19)20)5-12(13)17/h2-6,18H,17H2,1H3,(H,19,20). The topological polar surface area (TPSA) is 75.3 Å². The number of carbonyl (C=O) groups is 1. The van der Waals surface area contributed by atoms with E-state index in [1.807, 2.05) is 25.1 Å². The van der Waals surface area contributed by atoms with Crippen LogP contribution in [-0.4, -0.2) is 11.1 Å². The van der Waals surface area contributed by atoms with Gasteiger partial charge in [0.25, 0.3) is 0 Å². The number of aromatic carboxylic acids is 1. The molecular formula is C14H12BrFN2O2. The lowest BCUT2D eigenvalue weighted by Crippen LogP contribution is -2.05. The molecule has 0 aliphatic heterocycles. The molecule has 0 heterocycles. The minimum absolute atomic E-state index is 0.168. The largest absolute Gasteiger partial charge is 0.478 e. The number of benzene rings is 2. The lowest BCUT2D eigenvalue weighted by Gasteiger charge is -2.12. The summed E-state index contributed by atoms with van der Waals surface area (Å²) in [6.45, 7) is 1.92. The number of nitrogens with two attached hydrogens (primary N) is 1. The van der Waals surface area contributed by atoms with Crippen molar-refractivity contribution in [2.45, 2.75) is 6.92 Å². The Balaban J connectivity index is 2.39. The molecule has 0 fully saturated rings. The lowest BCUT2D eigenvalue weighted by atomic mass is 10.1. The maximum absolute atomic E-state index is 13.7. The van der Waals surface area contributed by atoms with E-state index in [0.717, 1.165) is 27.9 Å². The zero-order valence-electron chi connectivity index (χ0n) is 10.6. The van der Waals surface area contributed by atoms with Crippen molar-refractivity contribution >= 4 is 39.0 Å². The average Bonchev–Trinajstić information content (AvgIpc) is 2.31. The fraction of sp³-hybridized carbons (Fsp3) is 0.0714. The van der Waals surface area contributed by atoms with Crippen LogP contribution in [0.2, 0.25) is 0 Å². The lowest BCUT2D eigenvalue weighted by molar-refractivity contribution is 0.0692. The molecule has 0 bridgehead atoms. The van der Waals surface area contributed by atoms with Gasteiger partial charge in [-0.05, 0) is 36.8 Å². The predicted molar refractivity (Wildman–Crippen MR) is 79.9 cm³/mol. The van der Waals surface area contributed by atoms with Crippen LogP contribution in [0.5, 0.6) is 0 Å². The van der Waals surface area contributed by atoms with Gasteiger partial charge in [-0.15, -0.1) is 0 Å². The van der Waals surface area contributed by atoms with Crippen LogP contribution in [0, 0.1) is 12.7 Å². The number of rotatable bonds is 3. The summed E-state index contributed by atoms with van der Waals surface area (Å²) >= 11 is 3.37. The number of aryl methyl sites for hydroxylation is 1. The molecule has 0 unspecified atom stereocenters. The fourth-order valence-electron chi connectivity index (χ4n) is 1.83. The summed E-state index contributed by atoms with van der Waals surface area (Å²) in [6, 6.07) is 7.80. The van der Waals surface area contributed by atoms with Crippen molar-refractivity contribution in [3.8, 4) is 0 Å². The molecule has 20 heavy (non-hydrogen) atoms. The van der Waals surface area contributed by atoms with E-state index in [1.165, 1.54) is 0 Å². The molecule has 0 radical (unpaired) electrons. The number of halogens is 2. The first kappa shape index (κ1) is 14.3. The van der Waals surface area contributed by atoms with Crippen molar-refractivity contribution in [2.24, 2.45) is 0 Å². The summed E-state index contributed by atoms with van der Waals surface area (Å²) < 4.78 is 14.5. The van der Waals surface area contributed by atoms with Crippen LogP contribution < -0.4 is 11.1 Å². The molecule has 6 heteroatoms. The summed E-state index contributed by atoms with van der Waals surface area (Å²) in [5.74, 6) is -2.18. The number of hydrogen-bond acceptors (Lipinski definition) is 3. The quantitative estimate of drug-likeness (QED) is 0.741. The number of nitrogen functional groups attached to an aromatic ring is 1. The Morgan fingerprint density at radius 3 is 2.60 bits per heavy atom. The van der Waals surface area contributed by atoms with Crippen molar-refractivity contribution in [1.82, 2.24) is 0 Å². The first-order valence-corrected chi connectivity index (χ1v) is 6.52. The molecule has 2 aromatic carbocycles. The van der Waals surface area contributed by atoms with E-state index in [9.17, 15) is 9.18 Å². The highest BCUT2D eigenvalue weighted by Crippen LogP contribution is 2.28. The summed E-state index contributed by atoms with van der Waals surface area (Å²) in [7, 11) is 0. The van der Waals surface area contributed by atoms with Gasteiger partial charge in [0.2, 0.25) is 0 Å². The molecule has 4 nitrogen and oxygen atoms in total. The highest BCUT2D eigenvalue weighted by molar-refractivity contribution is 9.10. The molecule has 0 aromatic heterocycles. The van der Waals surface area contributed by atoms with E-state index in [1.54, 1.807) is 0 Å². The molecule has 0 saturated carbocycles. The third kappa shape index (κ3) is 3.08. The second kappa shape index (κ2) is 5.50. The van der Waals surface area contributed by atoms with Crippen molar-refractivity contribution < 1.29 is 14.3 Å². The van der Waals surface area contributed by atoms with Crippen LogP contribution in [0.4, 0.5) is 21.5 Å². The average molecular weight is 339 g/mol.